The fourth-order valence-electron chi connectivity index (χ4n) is 1.78. The van der Waals surface area contributed by atoms with Crippen LogP contribution in [-0.4, -0.2) is 26.0 Å². The smallest absolute Gasteiger partial charge is 0.210 e. The van der Waals surface area contributed by atoms with Gasteiger partial charge in [-0.25, -0.2) is 17.5 Å². The molecule has 7 heteroatoms. The van der Waals surface area contributed by atoms with E-state index in [1.165, 1.54) is 6.07 Å². The third kappa shape index (κ3) is 3.46. The minimum absolute atomic E-state index is 0.0758. The SMILES string of the molecule is O=S(=O)(NCC1CCCS1)c1ccc(F)cc1Br. The fourth-order valence-corrected chi connectivity index (χ4v) is 5.21. The maximum atomic E-state index is 12.9. The maximum Gasteiger partial charge on any atom is 0.241 e. The summed E-state index contributed by atoms with van der Waals surface area (Å²) >= 11 is 4.86. The summed E-state index contributed by atoms with van der Waals surface area (Å²) in [5.74, 6) is 0.624. The molecule has 0 aliphatic carbocycles. The molecule has 1 atom stereocenters. The van der Waals surface area contributed by atoms with Gasteiger partial charge in [-0.15, -0.1) is 0 Å². The molecule has 1 heterocycles. The number of rotatable bonds is 4. The summed E-state index contributed by atoms with van der Waals surface area (Å²) in [5.41, 5.74) is 0. The molecule has 1 unspecified atom stereocenters. The van der Waals surface area contributed by atoms with Crippen molar-refractivity contribution in [3.05, 3.63) is 28.5 Å². The summed E-state index contributed by atoms with van der Waals surface area (Å²) in [6, 6.07) is 3.56. The van der Waals surface area contributed by atoms with Crippen molar-refractivity contribution in [2.24, 2.45) is 0 Å². The lowest BCUT2D eigenvalue weighted by atomic mass is 10.2. The van der Waals surface area contributed by atoms with E-state index in [2.05, 4.69) is 20.7 Å². The first kappa shape index (κ1) is 14.3. The minimum atomic E-state index is -3.57. The van der Waals surface area contributed by atoms with Crippen LogP contribution in [0.15, 0.2) is 27.6 Å². The molecule has 1 aliphatic heterocycles. The summed E-state index contributed by atoms with van der Waals surface area (Å²) in [5, 5.41) is 0.346. The lowest BCUT2D eigenvalue weighted by Crippen LogP contribution is -2.30. The molecule has 0 bridgehead atoms. The van der Waals surface area contributed by atoms with Gasteiger partial charge >= 0.3 is 0 Å². The van der Waals surface area contributed by atoms with Gasteiger partial charge in [0.15, 0.2) is 0 Å². The van der Waals surface area contributed by atoms with Crippen molar-refractivity contribution < 1.29 is 12.8 Å². The molecular formula is C11H13BrFNO2S2. The number of thioether (sulfide) groups is 1. The second-order valence-corrected chi connectivity index (χ2v) is 8.06. The molecule has 1 aromatic rings. The summed E-state index contributed by atoms with van der Waals surface area (Å²) in [6.45, 7) is 0.427. The predicted molar refractivity (Wildman–Crippen MR) is 74.8 cm³/mol. The van der Waals surface area contributed by atoms with Crippen LogP contribution in [0.3, 0.4) is 0 Å². The van der Waals surface area contributed by atoms with E-state index in [4.69, 9.17) is 0 Å². The molecule has 2 rings (SSSR count). The van der Waals surface area contributed by atoms with Crippen LogP contribution in [0.2, 0.25) is 0 Å². The molecule has 0 radical (unpaired) electrons. The number of sulfonamides is 1. The van der Waals surface area contributed by atoms with E-state index in [0.29, 0.717) is 11.8 Å². The Balaban J connectivity index is 2.09. The van der Waals surface area contributed by atoms with Crippen molar-refractivity contribution in [3.8, 4) is 0 Å². The van der Waals surface area contributed by atoms with Gasteiger partial charge in [0.25, 0.3) is 0 Å². The first-order chi connectivity index (χ1) is 8.49. The highest BCUT2D eigenvalue weighted by atomic mass is 79.9. The summed E-state index contributed by atoms with van der Waals surface area (Å²) < 4.78 is 39.8. The van der Waals surface area contributed by atoms with Crippen molar-refractivity contribution in [2.45, 2.75) is 23.0 Å². The number of benzene rings is 1. The second kappa shape index (κ2) is 5.90. The van der Waals surface area contributed by atoms with Crippen molar-refractivity contribution >= 4 is 37.7 Å². The van der Waals surface area contributed by atoms with Crippen LogP contribution >= 0.6 is 27.7 Å². The van der Waals surface area contributed by atoms with E-state index in [1.54, 1.807) is 11.8 Å². The molecule has 1 N–H and O–H groups in total. The molecule has 0 spiro atoms. The van der Waals surface area contributed by atoms with Crippen LogP contribution in [0, 0.1) is 5.82 Å². The highest BCUT2D eigenvalue weighted by molar-refractivity contribution is 9.10. The highest BCUT2D eigenvalue weighted by Gasteiger charge is 2.21. The predicted octanol–water partition coefficient (Wildman–Crippen LogP) is 2.76. The number of hydrogen-bond acceptors (Lipinski definition) is 3. The molecule has 0 saturated carbocycles. The Bertz CT molecular complexity index is 530. The molecule has 1 aliphatic rings. The second-order valence-electron chi connectivity index (χ2n) is 4.06. The zero-order valence-electron chi connectivity index (χ0n) is 9.53. The molecule has 1 saturated heterocycles. The zero-order valence-corrected chi connectivity index (χ0v) is 12.7. The summed E-state index contributed by atoms with van der Waals surface area (Å²) in [7, 11) is -3.57. The van der Waals surface area contributed by atoms with Crippen LogP contribution in [-0.2, 0) is 10.0 Å². The summed E-state index contributed by atoms with van der Waals surface area (Å²) in [6.07, 6.45) is 2.18. The van der Waals surface area contributed by atoms with Gasteiger partial charge in [0.1, 0.15) is 5.82 Å². The topological polar surface area (TPSA) is 46.2 Å². The number of nitrogens with one attached hydrogen (secondary N) is 1. The van der Waals surface area contributed by atoms with Crippen LogP contribution < -0.4 is 4.72 Å². The lowest BCUT2D eigenvalue weighted by Gasteiger charge is -2.11. The Hall–Kier alpha value is -0.110. The first-order valence-corrected chi connectivity index (χ1v) is 8.88. The number of halogens is 2. The molecule has 3 nitrogen and oxygen atoms in total. The standard InChI is InChI=1S/C11H13BrFNO2S2/c12-10-6-8(13)3-4-11(10)18(15,16)14-7-9-2-1-5-17-9/h3-4,6,9,14H,1-2,5,7H2. The van der Waals surface area contributed by atoms with E-state index < -0.39 is 15.8 Å². The van der Waals surface area contributed by atoms with Gasteiger partial charge < -0.3 is 0 Å². The van der Waals surface area contributed by atoms with Gasteiger partial charge in [-0.1, -0.05) is 0 Å². The van der Waals surface area contributed by atoms with Crippen molar-refractivity contribution in [1.82, 2.24) is 4.72 Å². The van der Waals surface area contributed by atoms with Gasteiger partial charge in [-0.05, 0) is 52.7 Å². The van der Waals surface area contributed by atoms with Crippen molar-refractivity contribution in [2.75, 3.05) is 12.3 Å². The van der Waals surface area contributed by atoms with E-state index in [9.17, 15) is 12.8 Å². The highest BCUT2D eigenvalue weighted by Crippen LogP contribution is 2.27. The molecule has 1 aromatic carbocycles. The normalized spacial score (nSPS) is 20.2. The average molecular weight is 354 g/mol. The van der Waals surface area contributed by atoms with Gasteiger partial charge in [-0.3, -0.25) is 0 Å². The lowest BCUT2D eigenvalue weighted by molar-refractivity contribution is 0.577. The van der Waals surface area contributed by atoms with Crippen molar-refractivity contribution in [1.29, 1.82) is 0 Å². The van der Waals surface area contributed by atoms with Crippen LogP contribution in [0.1, 0.15) is 12.8 Å². The van der Waals surface area contributed by atoms with Gasteiger partial charge in [0.2, 0.25) is 10.0 Å². The van der Waals surface area contributed by atoms with E-state index in [1.807, 2.05) is 0 Å². The van der Waals surface area contributed by atoms with E-state index >= 15 is 0 Å². The monoisotopic (exact) mass is 353 g/mol. The van der Waals surface area contributed by atoms with Gasteiger partial charge in [0, 0.05) is 16.3 Å². The third-order valence-corrected chi connectivity index (χ3v) is 6.51. The van der Waals surface area contributed by atoms with E-state index in [0.717, 1.165) is 30.7 Å². The first-order valence-electron chi connectivity index (χ1n) is 5.55. The zero-order chi connectivity index (χ0) is 13.2. The molecule has 18 heavy (non-hydrogen) atoms. The van der Waals surface area contributed by atoms with Crippen LogP contribution in [0.25, 0.3) is 0 Å². The Morgan fingerprint density at radius 2 is 2.28 bits per heavy atom. The Morgan fingerprint density at radius 1 is 1.50 bits per heavy atom. The van der Waals surface area contributed by atoms with Crippen LogP contribution in [0.4, 0.5) is 4.39 Å². The van der Waals surface area contributed by atoms with Gasteiger partial charge in [0.05, 0.1) is 4.90 Å². The molecule has 1 fully saturated rings. The average Bonchev–Trinajstić information content (AvgIpc) is 2.78. The fraction of sp³-hybridized carbons (Fsp3) is 0.455. The van der Waals surface area contributed by atoms with Gasteiger partial charge in [-0.2, -0.15) is 11.8 Å². The molecule has 0 amide bonds. The Kier molecular flexibility index (Phi) is 4.69. The maximum absolute atomic E-state index is 12.9. The van der Waals surface area contributed by atoms with Crippen molar-refractivity contribution in [3.63, 3.8) is 0 Å². The molecule has 0 aromatic heterocycles. The Morgan fingerprint density at radius 3 is 2.89 bits per heavy atom. The third-order valence-electron chi connectivity index (χ3n) is 2.71. The number of hydrogen-bond donors (Lipinski definition) is 1. The minimum Gasteiger partial charge on any atom is -0.210 e. The van der Waals surface area contributed by atoms with E-state index in [-0.39, 0.29) is 9.37 Å². The molecule has 100 valence electrons. The van der Waals surface area contributed by atoms with Crippen LogP contribution in [0.5, 0.6) is 0 Å². The molecular weight excluding hydrogens is 341 g/mol. The largest absolute Gasteiger partial charge is 0.241 e. The summed E-state index contributed by atoms with van der Waals surface area (Å²) in [4.78, 5) is 0.0758. The Labute approximate surface area is 119 Å². The quantitative estimate of drug-likeness (QED) is 0.905.